The van der Waals surface area contributed by atoms with Gasteiger partial charge in [0, 0.05) is 18.0 Å². The van der Waals surface area contributed by atoms with Crippen molar-refractivity contribution in [2.24, 2.45) is 5.92 Å². The molecule has 20 heavy (non-hydrogen) atoms. The number of nitrogens with one attached hydrogen (secondary N) is 1. The summed E-state index contributed by atoms with van der Waals surface area (Å²) in [6.07, 6.45) is 0.190. The van der Waals surface area contributed by atoms with Crippen molar-refractivity contribution in [3.63, 3.8) is 0 Å². The van der Waals surface area contributed by atoms with Gasteiger partial charge in [0.1, 0.15) is 0 Å². The van der Waals surface area contributed by atoms with E-state index in [-0.39, 0.29) is 0 Å². The molecule has 0 aromatic carbocycles. The Hall–Kier alpha value is -0.460. The molecule has 1 aromatic heterocycles. The van der Waals surface area contributed by atoms with Crippen LogP contribution in [-0.4, -0.2) is 41.6 Å². The first kappa shape index (κ1) is 17.6. The van der Waals surface area contributed by atoms with E-state index in [0.717, 1.165) is 11.3 Å². The number of ether oxygens (including phenoxy) is 1. The molecule has 0 amide bonds. The SMILES string of the molecule is CC(C)CC(C)(O)CNCC(O)COCc1cccs1. The number of hydrogen-bond acceptors (Lipinski definition) is 5. The third-order valence-corrected chi connectivity index (χ3v) is 3.72. The molecule has 5 heteroatoms. The Bertz CT molecular complexity index is 352. The maximum Gasteiger partial charge on any atom is 0.0897 e. The van der Waals surface area contributed by atoms with Crippen LogP contribution in [0.5, 0.6) is 0 Å². The molecule has 3 N–H and O–H groups in total. The topological polar surface area (TPSA) is 61.7 Å². The standard InChI is InChI=1S/C15H27NO3S/c1-12(2)7-15(3,18)11-16-8-13(17)9-19-10-14-5-4-6-20-14/h4-6,12-13,16-18H,7-11H2,1-3H3. The molecule has 2 unspecified atom stereocenters. The minimum absolute atomic E-state index is 0.303. The quantitative estimate of drug-likeness (QED) is 0.619. The van der Waals surface area contributed by atoms with Crippen LogP contribution in [0.4, 0.5) is 0 Å². The fraction of sp³-hybridized carbons (Fsp3) is 0.733. The molecule has 1 heterocycles. The number of rotatable bonds is 10. The maximum atomic E-state index is 10.1. The van der Waals surface area contributed by atoms with Crippen LogP contribution in [0.2, 0.25) is 0 Å². The molecule has 0 saturated heterocycles. The van der Waals surface area contributed by atoms with Crippen molar-refractivity contribution in [1.82, 2.24) is 5.32 Å². The van der Waals surface area contributed by atoms with Gasteiger partial charge in [0.05, 0.1) is 24.9 Å². The molecular formula is C15H27NO3S. The molecule has 0 aliphatic rings. The van der Waals surface area contributed by atoms with E-state index in [9.17, 15) is 10.2 Å². The molecule has 1 rings (SSSR count). The fourth-order valence-electron chi connectivity index (χ4n) is 2.21. The first-order chi connectivity index (χ1) is 9.39. The van der Waals surface area contributed by atoms with Crippen LogP contribution >= 0.6 is 11.3 Å². The number of aliphatic hydroxyl groups is 2. The van der Waals surface area contributed by atoms with E-state index in [4.69, 9.17) is 4.74 Å². The van der Waals surface area contributed by atoms with Crippen molar-refractivity contribution in [3.8, 4) is 0 Å². The van der Waals surface area contributed by atoms with Gasteiger partial charge in [0.2, 0.25) is 0 Å². The molecule has 4 nitrogen and oxygen atoms in total. The van der Waals surface area contributed by atoms with Crippen LogP contribution in [0.15, 0.2) is 17.5 Å². The molecule has 116 valence electrons. The lowest BCUT2D eigenvalue weighted by atomic mass is 9.94. The Morgan fingerprint density at radius 3 is 2.80 bits per heavy atom. The van der Waals surface area contributed by atoms with E-state index >= 15 is 0 Å². The summed E-state index contributed by atoms with van der Waals surface area (Å²) in [4.78, 5) is 1.16. The third kappa shape index (κ3) is 7.97. The van der Waals surface area contributed by atoms with Gasteiger partial charge in [-0.15, -0.1) is 11.3 Å². The summed E-state index contributed by atoms with van der Waals surface area (Å²) in [5.74, 6) is 0.450. The molecule has 2 atom stereocenters. The largest absolute Gasteiger partial charge is 0.389 e. The molecule has 0 fully saturated rings. The van der Waals surface area contributed by atoms with Crippen LogP contribution < -0.4 is 5.32 Å². The Kier molecular flexibility index (Phi) is 7.69. The zero-order valence-corrected chi connectivity index (χ0v) is 13.4. The van der Waals surface area contributed by atoms with Crippen molar-refractivity contribution >= 4 is 11.3 Å². The summed E-state index contributed by atoms with van der Waals surface area (Å²) in [5, 5.41) is 25.0. The van der Waals surface area contributed by atoms with Gasteiger partial charge in [0.15, 0.2) is 0 Å². The number of thiophene rings is 1. The molecular weight excluding hydrogens is 274 g/mol. The highest BCUT2D eigenvalue weighted by Crippen LogP contribution is 2.15. The highest BCUT2D eigenvalue weighted by molar-refractivity contribution is 7.09. The second kappa shape index (κ2) is 8.74. The average molecular weight is 301 g/mol. The van der Waals surface area contributed by atoms with Crippen LogP contribution in [-0.2, 0) is 11.3 Å². The molecule has 0 spiro atoms. The minimum Gasteiger partial charge on any atom is -0.389 e. The summed E-state index contributed by atoms with van der Waals surface area (Å²) < 4.78 is 5.44. The monoisotopic (exact) mass is 301 g/mol. The van der Waals surface area contributed by atoms with Gasteiger partial charge >= 0.3 is 0 Å². The van der Waals surface area contributed by atoms with Crippen LogP contribution in [0.3, 0.4) is 0 Å². The fourth-order valence-corrected chi connectivity index (χ4v) is 2.85. The average Bonchev–Trinajstić information content (AvgIpc) is 2.79. The summed E-state index contributed by atoms with van der Waals surface area (Å²) in [6.45, 7) is 7.74. The summed E-state index contributed by atoms with van der Waals surface area (Å²) in [5.41, 5.74) is -0.730. The molecule has 0 radical (unpaired) electrons. The van der Waals surface area contributed by atoms with Crippen molar-refractivity contribution in [3.05, 3.63) is 22.4 Å². The zero-order chi connectivity index (χ0) is 15.0. The normalized spacial score (nSPS) is 16.3. The van der Waals surface area contributed by atoms with E-state index in [2.05, 4.69) is 19.2 Å². The Balaban J connectivity index is 2.09. The lowest BCUT2D eigenvalue weighted by molar-refractivity contribution is 0.0160. The van der Waals surface area contributed by atoms with Crippen LogP contribution in [0, 0.1) is 5.92 Å². The van der Waals surface area contributed by atoms with E-state index in [0.29, 0.717) is 32.2 Å². The third-order valence-electron chi connectivity index (χ3n) is 2.87. The van der Waals surface area contributed by atoms with Gasteiger partial charge in [0.25, 0.3) is 0 Å². The maximum absolute atomic E-state index is 10.1. The van der Waals surface area contributed by atoms with Gasteiger partial charge < -0.3 is 20.3 Å². The lowest BCUT2D eigenvalue weighted by Crippen LogP contribution is -2.42. The van der Waals surface area contributed by atoms with Gasteiger partial charge in [-0.3, -0.25) is 0 Å². The molecule has 0 aliphatic carbocycles. The molecule has 0 bridgehead atoms. The Morgan fingerprint density at radius 2 is 2.20 bits per heavy atom. The van der Waals surface area contributed by atoms with E-state index in [1.54, 1.807) is 11.3 Å². The van der Waals surface area contributed by atoms with Crippen molar-refractivity contribution in [2.75, 3.05) is 19.7 Å². The van der Waals surface area contributed by atoms with Gasteiger partial charge in [-0.25, -0.2) is 0 Å². The van der Waals surface area contributed by atoms with Crippen molar-refractivity contribution in [1.29, 1.82) is 0 Å². The van der Waals surface area contributed by atoms with Gasteiger partial charge in [-0.05, 0) is 30.7 Å². The molecule has 0 saturated carbocycles. The second-order valence-corrected chi connectivity index (χ2v) is 7.01. The van der Waals surface area contributed by atoms with Gasteiger partial charge in [-0.2, -0.15) is 0 Å². The predicted octanol–water partition coefficient (Wildman–Crippen LogP) is 2.01. The predicted molar refractivity (Wildman–Crippen MR) is 82.9 cm³/mol. The van der Waals surface area contributed by atoms with E-state index in [1.165, 1.54) is 0 Å². The zero-order valence-electron chi connectivity index (χ0n) is 12.6. The lowest BCUT2D eigenvalue weighted by Gasteiger charge is -2.26. The van der Waals surface area contributed by atoms with Crippen molar-refractivity contribution < 1.29 is 14.9 Å². The summed E-state index contributed by atoms with van der Waals surface area (Å²) >= 11 is 1.65. The molecule has 0 aliphatic heterocycles. The Labute approximate surface area is 125 Å². The van der Waals surface area contributed by atoms with Crippen LogP contribution in [0.1, 0.15) is 32.1 Å². The number of hydrogen-bond donors (Lipinski definition) is 3. The van der Waals surface area contributed by atoms with E-state index < -0.39 is 11.7 Å². The Morgan fingerprint density at radius 1 is 1.45 bits per heavy atom. The van der Waals surface area contributed by atoms with Crippen LogP contribution in [0.25, 0.3) is 0 Å². The highest BCUT2D eigenvalue weighted by Gasteiger charge is 2.21. The summed E-state index contributed by atoms with van der Waals surface area (Å²) in [6, 6.07) is 4.00. The second-order valence-electron chi connectivity index (χ2n) is 5.97. The summed E-state index contributed by atoms with van der Waals surface area (Å²) in [7, 11) is 0. The van der Waals surface area contributed by atoms with Gasteiger partial charge in [-0.1, -0.05) is 19.9 Å². The smallest absolute Gasteiger partial charge is 0.0897 e. The first-order valence-electron chi connectivity index (χ1n) is 7.10. The highest BCUT2D eigenvalue weighted by atomic mass is 32.1. The first-order valence-corrected chi connectivity index (χ1v) is 7.98. The van der Waals surface area contributed by atoms with E-state index in [1.807, 2.05) is 24.4 Å². The number of aliphatic hydroxyl groups excluding tert-OH is 1. The molecule has 1 aromatic rings. The minimum atomic E-state index is -0.730. The van der Waals surface area contributed by atoms with Crippen molar-refractivity contribution in [2.45, 2.75) is 45.5 Å².